The molecule has 5 heteroatoms. The Kier molecular flexibility index (Phi) is 3.88. The smallest absolute Gasteiger partial charge is 0.188 e. The number of aromatic nitrogens is 2. The van der Waals surface area contributed by atoms with E-state index in [1.807, 2.05) is 0 Å². The van der Waals surface area contributed by atoms with Crippen molar-refractivity contribution in [1.82, 2.24) is 9.78 Å². The maximum absolute atomic E-state index is 14.3. The number of fused-ring (bicyclic) bond motifs is 1. The second kappa shape index (κ2) is 5.72. The molecule has 0 N–H and O–H groups in total. The van der Waals surface area contributed by atoms with Gasteiger partial charge in [-0.15, -0.1) is 0 Å². The van der Waals surface area contributed by atoms with Gasteiger partial charge in [0.05, 0.1) is 5.52 Å². The SMILES string of the molecule is CC(C)c1c(F)cc(-c2cccc3nn(C(C)F)cc23)cc1F. The van der Waals surface area contributed by atoms with E-state index in [1.54, 1.807) is 38.2 Å². The van der Waals surface area contributed by atoms with E-state index in [0.717, 1.165) is 0 Å². The first-order chi connectivity index (χ1) is 10.9. The highest BCUT2D eigenvalue weighted by Crippen LogP contribution is 2.32. The molecule has 120 valence electrons. The first-order valence-electron chi connectivity index (χ1n) is 7.49. The van der Waals surface area contributed by atoms with Crippen molar-refractivity contribution in [3.8, 4) is 11.1 Å². The monoisotopic (exact) mass is 318 g/mol. The van der Waals surface area contributed by atoms with E-state index in [-0.39, 0.29) is 11.5 Å². The minimum absolute atomic E-state index is 0.0778. The number of rotatable bonds is 3. The minimum Gasteiger partial charge on any atom is -0.238 e. The van der Waals surface area contributed by atoms with Crippen LogP contribution in [0.2, 0.25) is 0 Å². The molecule has 0 saturated carbocycles. The summed E-state index contributed by atoms with van der Waals surface area (Å²) in [4.78, 5) is 0. The zero-order chi connectivity index (χ0) is 16.7. The van der Waals surface area contributed by atoms with Crippen LogP contribution in [-0.2, 0) is 0 Å². The van der Waals surface area contributed by atoms with Gasteiger partial charge >= 0.3 is 0 Å². The molecule has 0 aliphatic carbocycles. The van der Waals surface area contributed by atoms with Crippen LogP contribution in [-0.4, -0.2) is 9.78 Å². The van der Waals surface area contributed by atoms with E-state index in [1.165, 1.54) is 23.7 Å². The molecule has 0 fully saturated rings. The van der Waals surface area contributed by atoms with Crippen molar-refractivity contribution in [2.24, 2.45) is 0 Å². The number of alkyl halides is 1. The molecule has 0 spiro atoms. The molecule has 0 aliphatic rings. The lowest BCUT2D eigenvalue weighted by molar-refractivity contribution is 0.247. The van der Waals surface area contributed by atoms with E-state index in [0.29, 0.717) is 22.0 Å². The summed E-state index contributed by atoms with van der Waals surface area (Å²) in [7, 11) is 0. The number of hydrogen-bond acceptors (Lipinski definition) is 1. The highest BCUT2D eigenvalue weighted by Gasteiger charge is 2.17. The van der Waals surface area contributed by atoms with Crippen molar-refractivity contribution in [3.63, 3.8) is 0 Å². The van der Waals surface area contributed by atoms with Crippen molar-refractivity contribution in [2.45, 2.75) is 33.0 Å². The van der Waals surface area contributed by atoms with E-state index in [9.17, 15) is 13.2 Å². The molecule has 1 aromatic heterocycles. The van der Waals surface area contributed by atoms with Crippen LogP contribution in [0.3, 0.4) is 0 Å². The fourth-order valence-electron chi connectivity index (χ4n) is 2.79. The van der Waals surface area contributed by atoms with Crippen LogP contribution in [0.4, 0.5) is 13.2 Å². The number of halogens is 3. The molecule has 0 aliphatic heterocycles. The molecule has 3 rings (SSSR count). The van der Waals surface area contributed by atoms with Gasteiger partial charge in [0, 0.05) is 17.1 Å². The third-order valence-electron chi connectivity index (χ3n) is 3.90. The molecule has 23 heavy (non-hydrogen) atoms. The minimum atomic E-state index is -1.27. The Balaban J connectivity index is 2.21. The Hall–Kier alpha value is -2.30. The summed E-state index contributed by atoms with van der Waals surface area (Å²) in [6.45, 7) is 4.87. The summed E-state index contributed by atoms with van der Waals surface area (Å²) >= 11 is 0. The van der Waals surface area contributed by atoms with Crippen molar-refractivity contribution in [1.29, 1.82) is 0 Å². The second-order valence-electron chi connectivity index (χ2n) is 5.93. The second-order valence-corrected chi connectivity index (χ2v) is 5.93. The van der Waals surface area contributed by atoms with E-state index >= 15 is 0 Å². The van der Waals surface area contributed by atoms with E-state index in [4.69, 9.17) is 0 Å². The molecule has 1 heterocycles. The van der Waals surface area contributed by atoms with Crippen molar-refractivity contribution in [2.75, 3.05) is 0 Å². The molecule has 0 saturated heterocycles. The first-order valence-corrected chi connectivity index (χ1v) is 7.49. The fraction of sp³-hybridized carbons (Fsp3) is 0.278. The molecular formula is C18H17F3N2. The molecule has 2 aromatic carbocycles. The van der Waals surface area contributed by atoms with Crippen LogP contribution in [0.1, 0.15) is 38.5 Å². The lowest BCUT2D eigenvalue weighted by Crippen LogP contribution is -1.99. The summed E-state index contributed by atoms with van der Waals surface area (Å²) in [5.41, 5.74) is 1.71. The standard InChI is InChI=1S/C18H17F3N2/c1-10(2)18-15(20)7-12(8-16(18)21)13-5-4-6-17-14(13)9-23(22-17)11(3)19/h4-11H,1-3H3. The van der Waals surface area contributed by atoms with Crippen LogP contribution in [0, 0.1) is 11.6 Å². The van der Waals surface area contributed by atoms with Gasteiger partial charge in [0.1, 0.15) is 11.6 Å². The van der Waals surface area contributed by atoms with E-state index in [2.05, 4.69) is 5.10 Å². The zero-order valence-corrected chi connectivity index (χ0v) is 13.1. The largest absolute Gasteiger partial charge is 0.238 e. The molecule has 2 nitrogen and oxygen atoms in total. The van der Waals surface area contributed by atoms with Gasteiger partial charge in [0.15, 0.2) is 6.30 Å². The van der Waals surface area contributed by atoms with Gasteiger partial charge in [-0.2, -0.15) is 5.10 Å². The van der Waals surface area contributed by atoms with Gasteiger partial charge in [-0.25, -0.2) is 17.9 Å². The number of benzene rings is 2. The normalized spacial score (nSPS) is 13.0. The Morgan fingerprint density at radius 1 is 1.04 bits per heavy atom. The van der Waals surface area contributed by atoms with Gasteiger partial charge in [-0.1, -0.05) is 26.0 Å². The third kappa shape index (κ3) is 2.71. The Morgan fingerprint density at radius 3 is 2.26 bits per heavy atom. The Morgan fingerprint density at radius 2 is 1.70 bits per heavy atom. The lowest BCUT2D eigenvalue weighted by atomic mass is 9.96. The summed E-state index contributed by atoms with van der Waals surface area (Å²) in [5, 5.41) is 4.80. The van der Waals surface area contributed by atoms with Gasteiger partial charge in [0.25, 0.3) is 0 Å². The van der Waals surface area contributed by atoms with Crippen LogP contribution in [0.25, 0.3) is 22.0 Å². The first kappa shape index (κ1) is 15.6. The van der Waals surface area contributed by atoms with Crippen LogP contribution < -0.4 is 0 Å². The maximum atomic E-state index is 14.3. The summed E-state index contributed by atoms with van der Waals surface area (Å²) in [6, 6.07) is 7.88. The molecule has 0 amide bonds. The Bertz CT molecular complexity index is 843. The van der Waals surface area contributed by atoms with Gasteiger partial charge in [-0.05, 0) is 42.2 Å². The molecule has 1 unspecified atom stereocenters. The average molecular weight is 318 g/mol. The number of nitrogens with zero attached hydrogens (tertiary/aromatic N) is 2. The zero-order valence-electron chi connectivity index (χ0n) is 13.1. The van der Waals surface area contributed by atoms with Gasteiger partial charge < -0.3 is 0 Å². The van der Waals surface area contributed by atoms with Crippen LogP contribution >= 0.6 is 0 Å². The summed E-state index contributed by atoms with van der Waals surface area (Å²) in [5.74, 6) is -1.38. The summed E-state index contributed by atoms with van der Waals surface area (Å²) < 4.78 is 43.2. The van der Waals surface area contributed by atoms with Crippen molar-refractivity contribution in [3.05, 3.63) is 53.7 Å². The maximum Gasteiger partial charge on any atom is 0.188 e. The van der Waals surface area contributed by atoms with Crippen LogP contribution in [0.5, 0.6) is 0 Å². The molecule has 1 atom stereocenters. The van der Waals surface area contributed by atoms with Gasteiger partial charge in [-0.3, -0.25) is 0 Å². The third-order valence-corrected chi connectivity index (χ3v) is 3.90. The van der Waals surface area contributed by atoms with E-state index < -0.39 is 17.9 Å². The fourth-order valence-corrected chi connectivity index (χ4v) is 2.79. The highest BCUT2D eigenvalue weighted by molar-refractivity contribution is 5.94. The number of hydrogen-bond donors (Lipinski definition) is 0. The quantitative estimate of drug-likeness (QED) is 0.615. The van der Waals surface area contributed by atoms with Crippen molar-refractivity contribution < 1.29 is 13.2 Å². The van der Waals surface area contributed by atoms with Gasteiger partial charge in [0.2, 0.25) is 0 Å². The highest BCUT2D eigenvalue weighted by atomic mass is 19.1. The molecule has 0 bridgehead atoms. The lowest BCUT2D eigenvalue weighted by Gasteiger charge is -2.11. The predicted octanol–water partition coefficient (Wildman–Crippen LogP) is 5.59. The topological polar surface area (TPSA) is 17.8 Å². The Labute approximate surface area is 132 Å². The molecular weight excluding hydrogens is 301 g/mol. The molecule has 3 aromatic rings. The average Bonchev–Trinajstić information content (AvgIpc) is 2.90. The summed E-state index contributed by atoms with van der Waals surface area (Å²) in [6.07, 6.45) is 0.286. The molecule has 0 radical (unpaired) electrons. The predicted molar refractivity (Wildman–Crippen MR) is 85.0 cm³/mol. The van der Waals surface area contributed by atoms with Crippen molar-refractivity contribution >= 4 is 10.9 Å². The van der Waals surface area contributed by atoms with Crippen LogP contribution in [0.15, 0.2) is 36.5 Å².